The Morgan fingerprint density at radius 2 is 2.25 bits per heavy atom. The zero-order valence-corrected chi connectivity index (χ0v) is 9.38. The SMILES string of the molecule is C#CC1C(F)=Cc2c(nc(C)n2C)C1(C)F. The molecular formula is C12H12F2N2. The van der Waals surface area contributed by atoms with Crippen LogP contribution in [0, 0.1) is 25.2 Å². The minimum atomic E-state index is -1.95. The number of aromatic nitrogens is 2. The van der Waals surface area contributed by atoms with Crippen molar-refractivity contribution in [2.75, 3.05) is 0 Å². The van der Waals surface area contributed by atoms with Crippen LogP contribution < -0.4 is 0 Å². The average Bonchev–Trinajstić information content (AvgIpc) is 2.46. The van der Waals surface area contributed by atoms with Crippen LogP contribution in [0.3, 0.4) is 0 Å². The fourth-order valence-electron chi connectivity index (χ4n) is 2.00. The van der Waals surface area contributed by atoms with Gasteiger partial charge in [0.1, 0.15) is 23.3 Å². The first-order valence-corrected chi connectivity index (χ1v) is 4.95. The Morgan fingerprint density at radius 3 is 2.81 bits per heavy atom. The maximum absolute atomic E-state index is 14.5. The van der Waals surface area contributed by atoms with Gasteiger partial charge in [-0.05, 0) is 19.9 Å². The van der Waals surface area contributed by atoms with E-state index in [9.17, 15) is 8.78 Å². The van der Waals surface area contributed by atoms with Gasteiger partial charge in [-0.3, -0.25) is 0 Å². The van der Waals surface area contributed by atoms with E-state index in [0.717, 1.165) is 0 Å². The third-order valence-corrected chi connectivity index (χ3v) is 3.09. The van der Waals surface area contributed by atoms with Crippen LogP contribution in [0.4, 0.5) is 8.78 Å². The molecule has 1 aliphatic rings. The van der Waals surface area contributed by atoms with Crippen LogP contribution in [0.15, 0.2) is 5.83 Å². The van der Waals surface area contributed by atoms with E-state index in [4.69, 9.17) is 6.42 Å². The number of terminal acetylenes is 1. The summed E-state index contributed by atoms with van der Waals surface area (Å²) in [5, 5.41) is 0. The lowest BCUT2D eigenvalue weighted by Crippen LogP contribution is -2.30. The van der Waals surface area contributed by atoms with Crippen molar-refractivity contribution in [1.82, 2.24) is 9.55 Å². The van der Waals surface area contributed by atoms with Gasteiger partial charge in [0.2, 0.25) is 0 Å². The first-order chi connectivity index (χ1) is 7.39. The van der Waals surface area contributed by atoms with E-state index in [1.807, 2.05) is 0 Å². The second kappa shape index (κ2) is 3.18. The highest BCUT2D eigenvalue weighted by atomic mass is 19.2. The molecule has 0 saturated heterocycles. The largest absolute Gasteiger partial charge is 0.331 e. The van der Waals surface area contributed by atoms with Crippen LogP contribution in [0.2, 0.25) is 0 Å². The fourth-order valence-corrected chi connectivity index (χ4v) is 2.00. The van der Waals surface area contributed by atoms with E-state index in [2.05, 4.69) is 10.9 Å². The fraction of sp³-hybridized carbons (Fsp3) is 0.417. The van der Waals surface area contributed by atoms with E-state index >= 15 is 0 Å². The lowest BCUT2D eigenvalue weighted by molar-refractivity contribution is 0.132. The third-order valence-electron chi connectivity index (χ3n) is 3.09. The predicted molar refractivity (Wildman–Crippen MR) is 57.8 cm³/mol. The molecule has 2 atom stereocenters. The topological polar surface area (TPSA) is 17.8 Å². The quantitative estimate of drug-likeness (QED) is 0.617. The van der Waals surface area contributed by atoms with Gasteiger partial charge in [0, 0.05) is 7.05 Å². The van der Waals surface area contributed by atoms with Crippen molar-refractivity contribution in [3.63, 3.8) is 0 Å². The van der Waals surface area contributed by atoms with Gasteiger partial charge in [-0.2, -0.15) is 0 Å². The molecule has 84 valence electrons. The number of rotatable bonds is 0. The number of aryl methyl sites for hydroxylation is 1. The normalized spacial score (nSPS) is 28.2. The summed E-state index contributed by atoms with van der Waals surface area (Å²) in [6.07, 6.45) is 6.43. The number of hydrogen-bond acceptors (Lipinski definition) is 1. The molecule has 1 aliphatic carbocycles. The van der Waals surface area contributed by atoms with E-state index in [1.165, 1.54) is 13.0 Å². The first kappa shape index (κ1) is 10.9. The van der Waals surface area contributed by atoms with E-state index in [-0.39, 0.29) is 5.69 Å². The monoisotopic (exact) mass is 222 g/mol. The smallest absolute Gasteiger partial charge is 0.172 e. The maximum Gasteiger partial charge on any atom is 0.172 e. The highest BCUT2D eigenvalue weighted by Crippen LogP contribution is 2.44. The van der Waals surface area contributed by atoms with E-state index < -0.39 is 17.4 Å². The van der Waals surface area contributed by atoms with Gasteiger partial charge in [0.05, 0.1) is 5.69 Å². The molecule has 0 aliphatic heterocycles. The van der Waals surface area contributed by atoms with Crippen molar-refractivity contribution in [1.29, 1.82) is 0 Å². The van der Waals surface area contributed by atoms with Gasteiger partial charge < -0.3 is 4.57 Å². The molecule has 1 aromatic rings. The molecule has 0 N–H and O–H groups in total. The minimum Gasteiger partial charge on any atom is -0.331 e. The van der Waals surface area contributed by atoms with Crippen LogP contribution in [-0.4, -0.2) is 9.55 Å². The molecule has 2 unspecified atom stereocenters. The van der Waals surface area contributed by atoms with E-state index in [1.54, 1.807) is 18.5 Å². The van der Waals surface area contributed by atoms with Gasteiger partial charge in [-0.25, -0.2) is 13.8 Å². The zero-order valence-electron chi connectivity index (χ0n) is 9.38. The van der Waals surface area contributed by atoms with Gasteiger partial charge in [0.15, 0.2) is 5.67 Å². The number of fused-ring (bicyclic) bond motifs is 1. The number of halogens is 2. The number of allylic oxidation sites excluding steroid dienone is 1. The Morgan fingerprint density at radius 1 is 1.62 bits per heavy atom. The molecule has 4 heteroatoms. The minimum absolute atomic E-state index is 0.219. The summed E-state index contributed by atoms with van der Waals surface area (Å²) in [6.45, 7) is 3.01. The molecule has 0 bridgehead atoms. The molecule has 2 rings (SSSR count). The van der Waals surface area contributed by atoms with Gasteiger partial charge >= 0.3 is 0 Å². The summed E-state index contributed by atoms with van der Waals surface area (Å²) < 4.78 is 29.8. The predicted octanol–water partition coefficient (Wildman–Crippen LogP) is 2.49. The number of alkyl halides is 1. The molecule has 0 amide bonds. The summed E-state index contributed by atoms with van der Waals surface area (Å²) in [6, 6.07) is 0. The Balaban J connectivity index is 2.73. The van der Waals surface area contributed by atoms with Crippen LogP contribution in [0.1, 0.15) is 24.1 Å². The number of hydrogen-bond donors (Lipinski definition) is 0. The molecule has 0 radical (unpaired) electrons. The molecule has 0 aromatic carbocycles. The summed E-state index contributed by atoms with van der Waals surface area (Å²) in [5.41, 5.74) is -1.28. The second-order valence-corrected chi connectivity index (χ2v) is 4.16. The molecule has 0 fully saturated rings. The third kappa shape index (κ3) is 1.21. The van der Waals surface area contributed by atoms with Crippen LogP contribution >= 0.6 is 0 Å². The van der Waals surface area contributed by atoms with Gasteiger partial charge in [-0.15, -0.1) is 6.42 Å². The van der Waals surface area contributed by atoms with Crippen LogP contribution in [0.5, 0.6) is 0 Å². The number of imidazole rings is 1. The Bertz CT molecular complexity index is 518. The molecule has 1 aromatic heterocycles. The van der Waals surface area contributed by atoms with Crippen molar-refractivity contribution in [3.05, 3.63) is 23.0 Å². The van der Waals surface area contributed by atoms with Crippen molar-refractivity contribution in [2.24, 2.45) is 13.0 Å². The molecular weight excluding hydrogens is 210 g/mol. The highest BCUT2D eigenvalue weighted by molar-refractivity contribution is 5.58. The van der Waals surface area contributed by atoms with Crippen LogP contribution in [-0.2, 0) is 12.7 Å². The summed E-state index contributed by atoms with van der Waals surface area (Å²) >= 11 is 0. The Hall–Kier alpha value is -1.63. The molecule has 1 heterocycles. The first-order valence-electron chi connectivity index (χ1n) is 4.95. The average molecular weight is 222 g/mol. The molecule has 16 heavy (non-hydrogen) atoms. The summed E-state index contributed by atoms with van der Waals surface area (Å²) in [7, 11) is 1.72. The van der Waals surface area contributed by atoms with Gasteiger partial charge in [-0.1, -0.05) is 5.92 Å². The van der Waals surface area contributed by atoms with Crippen LogP contribution in [0.25, 0.3) is 6.08 Å². The lowest BCUT2D eigenvalue weighted by atomic mass is 9.82. The maximum atomic E-state index is 14.5. The molecule has 0 spiro atoms. The Kier molecular flexibility index (Phi) is 2.16. The van der Waals surface area contributed by atoms with Crippen molar-refractivity contribution in [3.8, 4) is 12.3 Å². The Labute approximate surface area is 93.0 Å². The van der Waals surface area contributed by atoms with Crippen molar-refractivity contribution in [2.45, 2.75) is 19.5 Å². The second-order valence-electron chi connectivity index (χ2n) is 4.16. The summed E-state index contributed by atoms with van der Waals surface area (Å²) in [4.78, 5) is 4.12. The van der Waals surface area contributed by atoms with Crippen molar-refractivity contribution < 1.29 is 8.78 Å². The number of nitrogens with zero attached hydrogens (tertiary/aromatic N) is 2. The highest BCUT2D eigenvalue weighted by Gasteiger charge is 2.45. The van der Waals surface area contributed by atoms with E-state index in [0.29, 0.717) is 11.5 Å². The lowest BCUT2D eigenvalue weighted by Gasteiger charge is -2.28. The van der Waals surface area contributed by atoms with Gasteiger partial charge in [0.25, 0.3) is 0 Å². The standard InChI is InChI=1S/C12H12F2N2/c1-5-8-9(13)6-10-11(12(8,3)14)15-7(2)16(10)4/h1,6,8H,2-4H3. The molecule has 0 saturated carbocycles. The zero-order chi connectivity index (χ0) is 12.1. The summed E-state index contributed by atoms with van der Waals surface area (Å²) in [5.74, 6) is 0.973. The molecule has 2 nitrogen and oxygen atoms in total. The van der Waals surface area contributed by atoms with Crippen molar-refractivity contribution >= 4 is 6.08 Å².